The van der Waals surface area contributed by atoms with Gasteiger partial charge in [-0.15, -0.1) is 0 Å². The van der Waals surface area contributed by atoms with Gasteiger partial charge in [-0.3, -0.25) is 19.4 Å². The highest BCUT2D eigenvalue weighted by molar-refractivity contribution is 5.79. The van der Waals surface area contributed by atoms with Crippen molar-refractivity contribution >= 4 is 18.1 Å². The second-order valence-corrected chi connectivity index (χ2v) is 37.6. The highest BCUT2D eigenvalue weighted by Crippen LogP contribution is 2.23. The molecule has 0 unspecified atom stereocenters. The second kappa shape index (κ2) is 52.0. The summed E-state index contributed by atoms with van der Waals surface area (Å²) in [6.45, 7) is 91.9. The van der Waals surface area contributed by atoms with Gasteiger partial charge in [0.1, 0.15) is 11.1 Å². The Labute approximate surface area is 576 Å². The predicted molar refractivity (Wildman–Crippen MR) is 403 cm³/mol. The zero-order chi connectivity index (χ0) is 75.2. The number of rotatable bonds is 14. The fourth-order valence-corrected chi connectivity index (χ4v) is 6.61. The largest absolute Gasteiger partial charge is 0.508 e. The van der Waals surface area contributed by atoms with Gasteiger partial charge in [-0.05, 0) is 157 Å². The Morgan fingerprint density at radius 2 is 0.772 bits per heavy atom. The average Bonchev–Trinajstić information content (AvgIpc) is 1.88. The number of nitrogens with two attached hydrogens (primary N) is 2. The van der Waals surface area contributed by atoms with Crippen molar-refractivity contribution in [2.24, 2.45) is 60.2 Å². The monoisotopic (exact) mass is 1320 g/mol. The Kier molecular flexibility index (Phi) is 59.9. The SMILES string of the molecule is CC.CC(C)(C)CCN1CCOCC1.CC(C)(C)CCOC(=O)C(C)(C)N.CC(C)(C)CN1CCOCC1.CC(C)(C)COC(=O)C(C)(C)N.CC(C)OC(=O)OCC(C)(C)C.CCC(C)(C)C.CCCC(C)(C)C.CN(C)CC(C)(C)C.CN(C)CCC(C)(C)C. The quantitative estimate of drug-likeness (QED) is 0.124. The first-order valence-electron chi connectivity index (χ1n) is 35.3. The third-order valence-corrected chi connectivity index (χ3v) is 12.0. The minimum atomic E-state index is -0.884. The van der Waals surface area contributed by atoms with Crippen LogP contribution in [0, 0.1) is 48.7 Å². The van der Waals surface area contributed by atoms with E-state index in [1.54, 1.807) is 41.5 Å². The van der Waals surface area contributed by atoms with Gasteiger partial charge in [0.05, 0.1) is 52.4 Å². The molecule has 562 valence electrons. The van der Waals surface area contributed by atoms with Crippen LogP contribution in [0.5, 0.6) is 0 Å². The lowest BCUT2D eigenvalue weighted by molar-refractivity contribution is -0.151. The van der Waals surface area contributed by atoms with Crippen molar-refractivity contribution in [3.63, 3.8) is 0 Å². The van der Waals surface area contributed by atoms with E-state index in [0.29, 0.717) is 52.3 Å². The van der Waals surface area contributed by atoms with Crippen molar-refractivity contribution in [1.82, 2.24) is 19.6 Å². The van der Waals surface area contributed by atoms with Crippen LogP contribution < -0.4 is 11.5 Å². The van der Waals surface area contributed by atoms with Crippen LogP contribution in [-0.2, 0) is 38.0 Å². The first kappa shape index (κ1) is 106. The highest BCUT2D eigenvalue weighted by Gasteiger charge is 2.26. The summed E-state index contributed by atoms with van der Waals surface area (Å²) in [6.07, 6.45) is 6.64. The van der Waals surface area contributed by atoms with Crippen molar-refractivity contribution in [2.75, 3.05) is 127 Å². The zero-order valence-electron chi connectivity index (χ0n) is 70.0. The molecule has 2 saturated heterocycles. The number of carbonyl (C=O) groups is 3. The van der Waals surface area contributed by atoms with E-state index in [1.165, 1.54) is 51.7 Å². The molecule has 0 atom stereocenters. The van der Waals surface area contributed by atoms with Gasteiger partial charge < -0.3 is 49.7 Å². The van der Waals surface area contributed by atoms with Gasteiger partial charge in [0.15, 0.2) is 0 Å². The van der Waals surface area contributed by atoms with E-state index in [9.17, 15) is 14.4 Å². The molecular formula is C77H170N6O9. The van der Waals surface area contributed by atoms with Crippen LogP contribution in [0.1, 0.15) is 295 Å². The summed E-state index contributed by atoms with van der Waals surface area (Å²) in [5.41, 5.74) is 12.4. The van der Waals surface area contributed by atoms with Gasteiger partial charge in [-0.25, -0.2) is 4.79 Å². The summed E-state index contributed by atoms with van der Waals surface area (Å²) in [5.74, 6) is -0.686. The van der Waals surface area contributed by atoms with Crippen molar-refractivity contribution < 1.29 is 42.8 Å². The molecular weight excluding hydrogens is 1150 g/mol. The van der Waals surface area contributed by atoms with E-state index in [-0.39, 0.29) is 34.3 Å². The van der Waals surface area contributed by atoms with Crippen LogP contribution in [0.2, 0.25) is 0 Å². The van der Waals surface area contributed by atoms with Crippen LogP contribution in [-0.4, -0.2) is 182 Å². The molecule has 0 radical (unpaired) electrons. The third-order valence-electron chi connectivity index (χ3n) is 12.0. The zero-order valence-corrected chi connectivity index (χ0v) is 70.0. The molecule has 0 aliphatic carbocycles. The van der Waals surface area contributed by atoms with Crippen LogP contribution in [0.3, 0.4) is 0 Å². The Hall–Kier alpha value is -2.11. The van der Waals surface area contributed by atoms with Crippen molar-refractivity contribution in [3.8, 4) is 0 Å². The summed E-state index contributed by atoms with van der Waals surface area (Å²) in [7, 11) is 8.44. The molecule has 0 aromatic carbocycles. The number of hydrogen-bond acceptors (Lipinski definition) is 15. The Morgan fingerprint density at radius 3 is 1.00 bits per heavy atom. The lowest BCUT2D eigenvalue weighted by Gasteiger charge is -2.32. The number of morpholine rings is 2. The molecule has 4 N–H and O–H groups in total. The number of esters is 2. The van der Waals surface area contributed by atoms with E-state index >= 15 is 0 Å². The molecule has 15 nitrogen and oxygen atoms in total. The molecule has 0 aromatic heterocycles. The fourth-order valence-electron chi connectivity index (χ4n) is 6.61. The highest BCUT2D eigenvalue weighted by atomic mass is 16.7. The average molecular weight is 1320 g/mol. The maximum absolute atomic E-state index is 11.2. The Bertz CT molecular complexity index is 1700. The lowest BCUT2D eigenvalue weighted by Crippen LogP contribution is -2.43. The molecule has 15 heteroatoms. The van der Waals surface area contributed by atoms with Crippen molar-refractivity contribution in [3.05, 3.63) is 0 Å². The van der Waals surface area contributed by atoms with Gasteiger partial charge >= 0.3 is 18.1 Å². The van der Waals surface area contributed by atoms with Crippen LogP contribution in [0.15, 0.2) is 0 Å². The van der Waals surface area contributed by atoms with E-state index in [2.05, 4.69) is 207 Å². The fraction of sp³-hybridized carbons (Fsp3) is 0.961. The van der Waals surface area contributed by atoms with E-state index in [4.69, 9.17) is 39.9 Å². The standard InChI is InChI=1S/C10H21NO2.C10H21NO.C9H19NO2.C9H19NO.C9H18O3.C8H19N.C7H17N.C7H16.C6H14.C2H6/c1-9(2,3)6-7-13-8(12)10(4,5)11;1-10(2,3)4-5-11-6-8-12-9-7-11;1-8(2,3)6-12-7(11)9(4,5)10;1-9(2,3)8-10-4-6-11-7-5-10;1-7(2)12-8(10)11-6-9(3,4)5;1-8(2,3)6-7-9(4)5;1-7(2,3)6-8(4)5;1-5-6-7(2,3)4;1-5-6(2,3)4;1-2/h6-7,11H2,1-5H3;4-9H2,1-3H3;6,10H2,1-5H3;4-8H2,1-3H3;7H,6H2,1-5H3;6-7H2,1-5H3;6H2,1-5H3;5-6H2,1-4H3;5H2,1-4H3;1-2H3. The van der Waals surface area contributed by atoms with Gasteiger partial charge in [-0.2, -0.15) is 0 Å². The summed E-state index contributed by atoms with van der Waals surface area (Å²) < 4.78 is 30.2. The van der Waals surface area contributed by atoms with E-state index in [1.807, 2.05) is 55.4 Å². The molecule has 0 spiro atoms. The van der Waals surface area contributed by atoms with Crippen molar-refractivity contribution in [2.45, 2.75) is 312 Å². The van der Waals surface area contributed by atoms with Gasteiger partial charge in [0.25, 0.3) is 0 Å². The molecule has 0 saturated carbocycles. The normalized spacial score (nSPS) is 14.5. The summed E-state index contributed by atoms with van der Waals surface area (Å²) in [4.78, 5) is 42.6. The predicted octanol–water partition coefficient (Wildman–Crippen LogP) is 18.6. The van der Waals surface area contributed by atoms with Crippen LogP contribution in [0.4, 0.5) is 4.79 Å². The topological polar surface area (TPSA) is 172 Å². The maximum atomic E-state index is 11.2. The number of carbonyl (C=O) groups excluding carboxylic acids is 3. The first-order chi connectivity index (χ1) is 40.7. The second-order valence-electron chi connectivity index (χ2n) is 37.6. The van der Waals surface area contributed by atoms with Crippen LogP contribution in [0.25, 0.3) is 0 Å². The summed E-state index contributed by atoms with van der Waals surface area (Å²) in [6, 6.07) is 0. The van der Waals surface area contributed by atoms with Crippen LogP contribution >= 0.6 is 0 Å². The van der Waals surface area contributed by atoms with Gasteiger partial charge in [0, 0.05) is 39.3 Å². The molecule has 0 aromatic rings. The van der Waals surface area contributed by atoms with Crippen molar-refractivity contribution in [1.29, 1.82) is 0 Å². The maximum Gasteiger partial charge on any atom is 0.508 e. The lowest BCUT2D eigenvalue weighted by atomic mass is 9.91. The molecule has 0 bridgehead atoms. The number of nitrogens with zero attached hydrogens (tertiary/aromatic N) is 4. The number of hydrogen-bond donors (Lipinski definition) is 2. The Balaban J connectivity index is -0.000000145. The molecule has 2 heterocycles. The van der Waals surface area contributed by atoms with E-state index < -0.39 is 17.2 Å². The molecule has 2 aliphatic rings. The minimum absolute atomic E-state index is 0.000903. The molecule has 2 rings (SSSR count). The summed E-state index contributed by atoms with van der Waals surface area (Å²) in [5, 5.41) is 0. The Morgan fingerprint density at radius 1 is 0.435 bits per heavy atom. The third kappa shape index (κ3) is 109. The summed E-state index contributed by atoms with van der Waals surface area (Å²) >= 11 is 0. The van der Waals surface area contributed by atoms with Gasteiger partial charge in [-0.1, -0.05) is 227 Å². The molecule has 2 aliphatic heterocycles. The number of ether oxygens (including phenoxy) is 6. The molecule has 92 heavy (non-hydrogen) atoms. The molecule has 0 amide bonds. The van der Waals surface area contributed by atoms with Gasteiger partial charge in [0.2, 0.25) is 0 Å². The first-order valence-corrected chi connectivity index (χ1v) is 35.3. The minimum Gasteiger partial charge on any atom is -0.464 e. The van der Waals surface area contributed by atoms with E-state index in [0.717, 1.165) is 65.6 Å². The smallest absolute Gasteiger partial charge is 0.464 e. The molecule has 2 fully saturated rings.